The lowest BCUT2D eigenvalue weighted by Gasteiger charge is -2.09. The quantitative estimate of drug-likeness (QED) is 0.779. The number of H-pyrrole nitrogens is 1. The van der Waals surface area contributed by atoms with Crippen LogP contribution >= 0.6 is 0 Å². The molecule has 2 rings (SSSR count). The van der Waals surface area contributed by atoms with E-state index in [0.717, 1.165) is 23.1 Å². The number of aromatic nitrogens is 2. The molecule has 0 fully saturated rings. The van der Waals surface area contributed by atoms with Crippen molar-refractivity contribution in [1.29, 1.82) is 0 Å². The summed E-state index contributed by atoms with van der Waals surface area (Å²) in [4.78, 5) is 0. The summed E-state index contributed by atoms with van der Waals surface area (Å²) in [6.45, 7) is 5.37. The zero-order valence-corrected chi connectivity index (χ0v) is 8.54. The zero-order valence-electron chi connectivity index (χ0n) is 8.54. The standard InChI is InChI=1S/C11H15N3/c1-8(2)6-12-10-5-3-4-9-7-13-14-11(9)10/h3-5,7-8,12H,6H2,1-2H3,(H,13,14). The van der Waals surface area contributed by atoms with E-state index in [1.807, 2.05) is 12.3 Å². The molecule has 0 aliphatic heterocycles. The SMILES string of the molecule is CC(C)CNc1cccc2cn[nH]c12. The number of hydrogen-bond acceptors (Lipinski definition) is 2. The second-order valence-electron chi connectivity index (χ2n) is 3.91. The number of nitrogens with zero attached hydrogens (tertiary/aromatic N) is 1. The van der Waals surface area contributed by atoms with Crippen LogP contribution in [-0.2, 0) is 0 Å². The van der Waals surface area contributed by atoms with Gasteiger partial charge in [0.25, 0.3) is 0 Å². The monoisotopic (exact) mass is 189 g/mol. The van der Waals surface area contributed by atoms with E-state index in [2.05, 4.69) is 41.5 Å². The molecule has 0 unspecified atom stereocenters. The van der Waals surface area contributed by atoms with Crippen LogP contribution in [0.5, 0.6) is 0 Å². The van der Waals surface area contributed by atoms with E-state index < -0.39 is 0 Å². The molecule has 1 aromatic carbocycles. The van der Waals surface area contributed by atoms with Crippen LogP contribution in [0.15, 0.2) is 24.4 Å². The highest BCUT2D eigenvalue weighted by Crippen LogP contribution is 2.20. The maximum absolute atomic E-state index is 4.02. The first kappa shape index (κ1) is 9.06. The Kier molecular flexibility index (Phi) is 2.39. The molecule has 0 aliphatic rings. The summed E-state index contributed by atoms with van der Waals surface area (Å²) in [6, 6.07) is 6.17. The zero-order chi connectivity index (χ0) is 9.97. The van der Waals surface area contributed by atoms with Crippen LogP contribution in [0.25, 0.3) is 10.9 Å². The Hall–Kier alpha value is -1.51. The highest BCUT2D eigenvalue weighted by molar-refractivity contribution is 5.89. The van der Waals surface area contributed by atoms with Gasteiger partial charge in [-0.15, -0.1) is 0 Å². The molecule has 1 heterocycles. The van der Waals surface area contributed by atoms with Crippen LogP contribution in [0.4, 0.5) is 5.69 Å². The maximum Gasteiger partial charge on any atom is 0.0881 e. The number of para-hydroxylation sites is 1. The Balaban J connectivity index is 2.27. The molecule has 0 atom stereocenters. The third kappa shape index (κ3) is 1.71. The van der Waals surface area contributed by atoms with E-state index in [4.69, 9.17) is 0 Å². The summed E-state index contributed by atoms with van der Waals surface area (Å²) < 4.78 is 0. The van der Waals surface area contributed by atoms with Gasteiger partial charge >= 0.3 is 0 Å². The lowest BCUT2D eigenvalue weighted by atomic mass is 10.2. The van der Waals surface area contributed by atoms with Gasteiger partial charge in [-0.1, -0.05) is 26.0 Å². The molecule has 2 N–H and O–H groups in total. The minimum absolute atomic E-state index is 0.646. The van der Waals surface area contributed by atoms with E-state index in [-0.39, 0.29) is 0 Å². The predicted octanol–water partition coefficient (Wildman–Crippen LogP) is 2.63. The van der Waals surface area contributed by atoms with Gasteiger partial charge in [0.2, 0.25) is 0 Å². The Morgan fingerprint density at radius 3 is 3.07 bits per heavy atom. The first-order valence-electron chi connectivity index (χ1n) is 4.93. The van der Waals surface area contributed by atoms with Crippen LogP contribution in [0.1, 0.15) is 13.8 Å². The topological polar surface area (TPSA) is 40.7 Å². The van der Waals surface area contributed by atoms with Gasteiger partial charge < -0.3 is 5.32 Å². The summed E-state index contributed by atoms with van der Waals surface area (Å²) in [7, 11) is 0. The molecule has 0 aliphatic carbocycles. The van der Waals surface area contributed by atoms with Crippen molar-refractivity contribution in [1.82, 2.24) is 10.2 Å². The Morgan fingerprint density at radius 2 is 2.29 bits per heavy atom. The highest BCUT2D eigenvalue weighted by atomic mass is 15.1. The lowest BCUT2D eigenvalue weighted by Crippen LogP contribution is -2.08. The Labute approximate surface area is 83.5 Å². The first-order chi connectivity index (χ1) is 6.77. The van der Waals surface area contributed by atoms with Crippen molar-refractivity contribution in [3.8, 4) is 0 Å². The average Bonchev–Trinajstić information content (AvgIpc) is 2.62. The van der Waals surface area contributed by atoms with E-state index in [1.54, 1.807) is 0 Å². The van der Waals surface area contributed by atoms with Gasteiger partial charge in [-0.2, -0.15) is 5.10 Å². The van der Waals surface area contributed by atoms with Crippen molar-refractivity contribution in [3.05, 3.63) is 24.4 Å². The molecule has 0 saturated heterocycles. The number of aromatic amines is 1. The molecular formula is C11H15N3. The molecule has 0 radical (unpaired) electrons. The smallest absolute Gasteiger partial charge is 0.0881 e. The molecule has 0 bridgehead atoms. The van der Waals surface area contributed by atoms with Crippen LogP contribution in [0, 0.1) is 5.92 Å². The summed E-state index contributed by atoms with van der Waals surface area (Å²) in [5.41, 5.74) is 2.22. The molecule has 3 nitrogen and oxygen atoms in total. The van der Waals surface area contributed by atoms with Gasteiger partial charge in [0.05, 0.1) is 17.4 Å². The van der Waals surface area contributed by atoms with Gasteiger partial charge in [-0.05, 0) is 12.0 Å². The van der Waals surface area contributed by atoms with Crippen LogP contribution in [-0.4, -0.2) is 16.7 Å². The normalized spacial score (nSPS) is 11.1. The second-order valence-corrected chi connectivity index (χ2v) is 3.91. The average molecular weight is 189 g/mol. The highest BCUT2D eigenvalue weighted by Gasteiger charge is 2.01. The number of rotatable bonds is 3. The van der Waals surface area contributed by atoms with Gasteiger partial charge in [0, 0.05) is 11.9 Å². The molecule has 14 heavy (non-hydrogen) atoms. The number of benzene rings is 1. The van der Waals surface area contributed by atoms with Crippen molar-refractivity contribution in [3.63, 3.8) is 0 Å². The molecule has 74 valence electrons. The van der Waals surface area contributed by atoms with Gasteiger partial charge in [0.1, 0.15) is 0 Å². The van der Waals surface area contributed by atoms with E-state index in [1.165, 1.54) is 0 Å². The van der Waals surface area contributed by atoms with E-state index >= 15 is 0 Å². The van der Waals surface area contributed by atoms with Crippen LogP contribution in [0.2, 0.25) is 0 Å². The summed E-state index contributed by atoms with van der Waals surface area (Å²) in [6.07, 6.45) is 1.84. The third-order valence-electron chi connectivity index (χ3n) is 2.18. The number of fused-ring (bicyclic) bond motifs is 1. The molecular weight excluding hydrogens is 174 g/mol. The van der Waals surface area contributed by atoms with Crippen molar-refractivity contribution >= 4 is 16.6 Å². The number of anilines is 1. The number of nitrogens with one attached hydrogen (secondary N) is 2. The molecule has 0 saturated carbocycles. The van der Waals surface area contributed by atoms with Crippen LogP contribution < -0.4 is 5.32 Å². The Morgan fingerprint density at radius 1 is 1.43 bits per heavy atom. The van der Waals surface area contributed by atoms with Crippen molar-refractivity contribution in [2.75, 3.05) is 11.9 Å². The van der Waals surface area contributed by atoms with Crippen molar-refractivity contribution in [2.45, 2.75) is 13.8 Å². The molecule has 0 spiro atoms. The maximum atomic E-state index is 4.02. The fourth-order valence-electron chi connectivity index (χ4n) is 1.43. The van der Waals surface area contributed by atoms with Crippen molar-refractivity contribution in [2.24, 2.45) is 5.92 Å². The third-order valence-corrected chi connectivity index (χ3v) is 2.18. The van der Waals surface area contributed by atoms with E-state index in [9.17, 15) is 0 Å². The first-order valence-corrected chi connectivity index (χ1v) is 4.93. The minimum atomic E-state index is 0.646. The molecule has 1 aromatic heterocycles. The van der Waals surface area contributed by atoms with Gasteiger partial charge in [-0.25, -0.2) is 0 Å². The fourth-order valence-corrected chi connectivity index (χ4v) is 1.43. The van der Waals surface area contributed by atoms with Crippen LogP contribution in [0.3, 0.4) is 0 Å². The minimum Gasteiger partial charge on any atom is -0.383 e. The van der Waals surface area contributed by atoms with E-state index in [0.29, 0.717) is 5.92 Å². The Bertz CT molecular complexity index is 417. The van der Waals surface area contributed by atoms with Crippen molar-refractivity contribution < 1.29 is 0 Å². The van der Waals surface area contributed by atoms with Gasteiger partial charge in [-0.3, -0.25) is 5.10 Å². The fraction of sp³-hybridized carbons (Fsp3) is 0.364. The molecule has 0 amide bonds. The summed E-state index contributed by atoms with van der Waals surface area (Å²) >= 11 is 0. The largest absolute Gasteiger partial charge is 0.383 e. The molecule has 2 aromatic rings. The van der Waals surface area contributed by atoms with Gasteiger partial charge in [0.15, 0.2) is 0 Å². The second kappa shape index (κ2) is 3.70. The lowest BCUT2D eigenvalue weighted by molar-refractivity contribution is 0.689. The summed E-state index contributed by atoms with van der Waals surface area (Å²) in [5.74, 6) is 0.646. The summed E-state index contributed by atoms with van der Waals surface area (Å²) in [5, 5.41) is 11.6. The number of hydrogen-bond donors (Lipinski definition) is 2. The predicted molar refractivity (Wildman–Crippen MR) is 59.4 cm³/mol. The molecule has 3 heteroatoms.